The van der Waals surface area contributed by atoms with Crippen molar-refractivity contribution >= 4 is 33.2 Å². The number of carboxylic acid groups (broad SMARTS) is 1. The highest BCUT2D eigenvalue weighted by Gasteiger charge is 2.22. The molecule has 0 fully saturated rings. The summed E-state index contributed by atoms with van der Waals surface area (Å²) in [5, 5.41) is 14.1. The van der Waals surface area contributed by atoms with Gasteiger partial charge in [0.2, 0.25) is 0 Å². The van der Waals surface area contributed by atoms with E-state index in [9.17, 15) is 4.79 Å². The van der Waals surface area contributed by atoms with E-state index < -0.39 is 5.97 Å². The lowest BCUT2D eigenvalue weighted by Gasteiger charge is -2.24. The first kappa shape index (κ1) is 14.7. The van der Waals surface area contributed by atoms with E-state index in [1.54, 1.807) is 18.3 Å². The van der Waals surface area contributed by atoms with Crippen LogP contribution >= 0.6 is 27.3 Å². The van der Waals surface area contributed by atoms with Crippen LogP contribution in [-0.4, -0.2) is 24.2 Å². The lowest BCUT2D eigenvalue weighted by atomic mass is 9.91. The standard InChI is InChI=1S/C12H18BrNO2S/c1-8(11(15)16)5-14-7-12(2,3)10-4-9(13)6-17-10/h4,6,8,14H,5,7H2,1-3H3,(H,15,16). The Hall–Kier alpha value is -0.390. The van der Waals surface area contributed by atoms with Crippen molar-refractivity contribution in [1.82, 2.24) is 5.32 Å². The number of aliphatic carboxylic acids is 1. The Balaban J connectivity index is 2.48. The summed E-state index contributed by atoms with van der Waals surface area (Å²) in [4.78, 5) is 12.0. The zero-order valence-corrected chi connectivity index (χ0v) is 12.7. The number of rotatable bonds is 6. The Morgan fingerprint density at radius 1 is 1.65 bits per heavy atom. The fourth-order valence-corrected chi connectivity index (χ4v) is 3.00. The molecule has 1 aromatic rings. The van der Waals surface area contributed by atoms with Crippen molar-refractivity contribution in [3.8, 4) is 0 Å². The Labute approximate surface area is 114 Å². The average molecular weight is 320 g/mol. The van der Waals surface area contributed by atoms with Crippen molar-refractivity contribution in [2.75, 3.05) is 13.1 Å². The molecule has 0 saturated carbocycles. The molecule has 1 aromatic heterocycles. The lowest BCUT2D eigenvalue weighted by Crippen LogP contribution is -2.36. The predicted octanol–water partition coefficient (Wildman–Crippen LogP) is 3.10. The van der Waals surface area contributed by atoms with E-state index in [-0.39, 0.29) is 11.3 Å². The van der Waals surface area contributed by atoms with Gasteiger partial charge < -0.3 is 10.4 Å². The van der Waals surface area contributed by atoms with Gasteiger partial charge in [-0.15, -0.1) is 11.3 Å². The second-order valence-electron chi connectivity index (χ2n) is 4.88. The number of carboxylic acids is 1. The van der Waals surface area contributed by atoms with Gasteiger partial charge in [-0.25, -0.2) is 0 Å². The third kappa shape index (κ3) is 4.41. The van der Waals surface area contributed by atoms with Crippen LogP contribution in [-0.2, 0) is 10.2 Å². The molecule has 96 valence electrons. The average Bonchev–Trinajstić information content (AvgIpc) is 2.65. The highest BCUT2D eigenvalue weighted by atomic mass is 79.9. The molecule has 0 bridgehead atoms. The van der Waals surface area contributed by atoms with Gasteiger partial charge in [-0.1, -0.05) is 20.8 Å². The molecule has 1 unspecified atom stereocenters. The maximum absolute atomic E-state index is 10.7. The van der Waals surface area contributed by atoms with E-state index in [0.717, 1.165) is 11.0 Å². The molecule has 2 N–H and O–H groups in total. The molecule has 0 aliphatic heterocycles. The van der Waals surface area contributed by atoms with E-state index in [2.05, 4.69) is 46.5 Å². The van der Waals surface area contributed by atoms with Crippen LogP contribution < -0.4 is 5.32 Å². The largest absolute Gasteiger partial charge is 0.481 e. The van der Waals surface area contributed by atoms with Crippen LogP contribution in [0.25, 0.3) is 0 Å². The van der Waals surface area contributed by atoms with E-state index in [1.165, 1.54) is 4.88 Å². The third-order valence-electron chi connectivity index (χ3n) is 2.67. The molecule has 0 aliphatic rings. The van der Waals surface area contributed by atoms with Crippen LogP contribution in [0.5, 0.6) is 0 Å². The summed E-state index contributed by atoms with van der Waals surface area (Å²) in [6.07, 6.45) is 0. The highest BCUT2D eigenvalue weighted by molar-refractivity contribution is 9.10. The summed E-state index contributed by atoms with van der Waals surface area (Å²) >= 11 is 5.17. The number of hydrogen-bond acceptors (Lipinski definition) is 3. The zero-order valence-electron chi connectivity index (χ0n) is 10.3. The number of thiophene rings is 1. The summed E-state index contributed by atoms with van der Waals surface area (Å²) in [6.45, 7) is 7.31. The number of nitrogens with one attached hydrogen (secondary N) is 1. The van der Waals surface area contributed by atoms with Crippen LogP contribution in [0.4, 0.5) is 0 Å². The Morgan fingerprint density at radius 2 is 2.29 bits per heavy atom. The molecule has 0 aromatic carbocycles. The second-order valence-corrected chi connectivity index (χ2v) is 6.71. The molecule has 5 heteroatoms. The monoisotopic (exact) mass is 319 g/mol. The Morgan fingerprint density at radius 3 is 2.76 bits per heavy atom. The molecular formula is C12H18BrNO2S. The SMILES string of the molecule is CC(CNCC(C)(C)c1cc(Br)cs1)C(=O)O. The van der Waals surface area contributed by atoms with Crippen molar-refractivity contribution in [1.29, 1.82) is 0 Å². The maximum Gasteiger partial charge on any atom is 0.307 e. The van der Waals surface area contributed by atoms with E-state index >= 15 is 0 Å². The van der Waals surface area contributed by atoms with Gasteiger partial charge in [0.1, 0.15) is 0 Å². The Kier molecular flexibility index (Phi) is 5.16. The minimum absolute atomic E-state index is 0.0227. The van der Waals surface area contributed by atoms with Gasteiger partial charge in [0.25, 0.3) is 0 Å². The van der Waals surface area contributed by atoms with Crippen molar-refractivity contribution < 1.29 is 9.90 Å². The minimum atomic E-state index is -0.755. The van der Waals surface area contributed by atoms with Crippen molar-refractivity contribution in [2.24, 2.45) is 5.92 Å². The third-order valence-corrected chi connectivity index (χ3v) is 4.73. The summed E-state index contributed by atoms with van der Waals surface area (Å²) in [5.41, 5.74) is 0.0227. The molecule has 1 rings (SSSR count). The second kappa shape index (κ2) is 5.98. The minimum Gasteiger partial charge on any atom is -0.481 e. The van der Waals surface area contributed by atoms with E-state index in [4.69, 9.17) is 5.11 Å². The van der Waals surface area contributed by atoms with Crippen LogP contribution in [0.15, 0.2) is 15.9 Å². The molecule has 1 atom stereocenters. The van der Waals surface area contributed by atoms with Gasteiger partial charge in [0.15, 0.2) is 0 Å². The lowest BCUT2D eigenvalue weighted by molar-refractivity contribution is -0.140. The van der Waals surface area contributed by atoms with Crippen molar-refractivity contribution in [3.05, 3.63) is 20.8 Å². The molecular weight excluding hydrogens is 302 g/mol. The topological polar surface area (TPSA) is 49.3 Å². The molecule has 0 spiro atoms. The smallest absolute Gasteiger partial charge is 0.307 e. The summed E-state index contributed by atoms with van der Waals surface area (Å²) in [6, 6.07) is 2.12. The number of carbonyl (C=O) groups is 1. The molecule has 0 amide bonds. The molecule has 17 heavy (non-hydrogen) atoms. The molecule has 1 heterocycles. The summed E-state index contributed by atoms with van der Waals surface area (Å²) in [5.74, 6) is -1.10. The predicted molar refractivity (Wildman–Crippen MR) is 74.7 cm³/mol. The normalized spacial score (nSPS) is 13.6. The molecule has 0 aliphatic carbocycles. The zero-order chi connectivity index (χ0) is 13.1. The van der Waals surface area contributed by atoms with Gasteiger partial charge in [-0.2, -0.15) is 0 Å². The maximum atomic E-state index is 10.7. The van der Waals surface area contributed by atoms with Crippen LogP contribution in [0.1, 0.15) is 25.6 Å². The van der Waals surface area contributed by atoms with Gasteiger partial charge in [0, 0.05) is 33.2 Å². The van der Waals surface area contributed by atoms with Gasteiger partial charge in [-0.3, -0.25) is 4.79 Å². The van der Waals surface area contributed by atoms with Crippen molar-refractivity contribution in [2.45, 2.75) is 26.2 Å². The molecule has 0 saturated heterocycles. The first-order valence-corrected chi connectivity index (χ1v) is 7.18. The van der Waals surface area contributed by atoms with Crippen molar-refractivity contribution in [3.63, 3.8) is 0 Å². The molecule has 0 radical (unpaired) electrons. The van der Waals surface area contributed by atoms with Gasteiger partial charge in [0.05, 0.1) is 5.92 Å². The van der Waals surface area contributed by atoms with E-state index in [0.29, 0.717) is 6.54 Å². The fraction of sp³-hybridized carbons (Fsp3) is 0.583. The number of hydrogen-bond donors (Lipinski definition) is 2. The first-order valence-electron chi connectivity index (χ1n) is 5.51. The Bertz CT molecular complexity index is 390. The van der Waals surface area contributed by atoms with Crippen LogP contribution in [0.3, 0.4) is 0 Å². The quantitative estimate of drug-likeness (QED) is 0.847. The summed E-state index contributed by atoms with van der Waals surface area (Å²) < 4.78 is 1.10. The van der Waals surface area contributed by atoms with Gasteiger partial charge in [-0.05, 0) is 22.0 Å². The summed E-state index contributed by atoms with van der Waals surface area (Å²) in [7, 11) is 0. The van der Waals surface area contributed by atoms with E-state index in [1.807, 2.05) is 0 Å². The highest BCUT2D eigenvalue weighted by Crippen LogP contribution is 2.30. The fourth-order valence-electron chi connectivity index (χ4n) is 1.44. The molecule has 3 nitrogen and oxygen atoms in total. The van der Waals surface area contributed by atoms with Crippen LogP contribution in [0, 0.1) is 5.92 Å². The first-order chi connectivity index (χ1) is 7.83. The van der Waals surface area contributed by atoms with Crippen LogP contribution in [0.2, 0.25) is 0 Å². The van der Waals surface area contributed by atoms with Gasteiger partial charge >= 0.3 is 5.97 Å². The number of halogens is 1.